The number of piperazine rings is 1. The summed E-state index contributed by atoms with van der Waals surface area (Å²) in [5.74, 6) is 0. The fraction of sp³-hybridized carbons (Fsp3) is 0.600. The highest BCUT2D eigenvalue weighted by Gasteiger charge is 2.24. The van der Waals surface area contributed by atoms with Crippen molar-refractivity contribution in [3.05, 3.63) is 29.8 Å². The zero-order valence-electron chi connectivity index (χ0n) is 11.2. The average molecular weight is 232 g/mol. The van der Waals surface area contributed by atoms with Crippen LogP contribution in [0.25, 0.3) is 0 Å². The third-order valence-electron chi connectivity index (χ3n) is 3.76. The Balaban J connectivity index is 2.16. The molecule has 94 valence electrons. The molecule has 0 radical (unpaired) electrons. The predicted octanol–water partition coefficient (Wildman–Crippen LogP) is 2.83. The van der Waals surface area contributed by atoms with Crippen LogP contribution in [0.1, 0.15) is 32.8 Å². The van der Waals surface area contributed by atoms with Gasteiger partial charge in [0.1, 0.15) is 0 Å². The van der Waals surface area contributed by atoms with Crippen molar-refractivity contribution in [1.82, 2.24) is 5.32 Å². The van der Waals surface area contributed by atoms with Gasteiger partial charge in [-0.15, -0.1) is 0 Å². The zero-order valence-corrected chi connectivity index (χ0v) is 11.2. The Kier molecular flexibility index (Phi) is 4.06. The molecule has 0 amide bonds. The first-order valence-electron chi connectivity index (χ1n) is 6.83. The van der Waals surface area contributed by atoms with Gasteiger partial charge in [-0.3, -0.25) is 0 Å². The van der Waals surface area contributed by atoms with Crippen LogP contribution in [0.15, 0.2) is 24.3 Å². The summed E-state index contributed by atoms with van der Waals surface area (Å²) < 4.78 is 0. The first kappa shape index (κ1) is 12.4. The number of aryl methyl sites for hydroxylation is 1. The van der Waals surface area contributed by atoms with E-state index in [1.165, 1.54) is 17.7 Å². The minimum Gasteiger partial charge on any atom is -0.366 e. The highest BCUT2D eigenvalue weighted by Crippen LogP contribution is 2.22. The van der Waals surface area contributed by atoms with E-state index in [1.54, 1.807) is 0 Å². The van der Waals surface area contributed by atoms with Gasteiger partial charge in [-0.25, -0.2) is 0 Å². The maximum atomic E-state index is 3.56. The molecule has 0 aliphatic carbocycles. The smallest absolute Gasteiger partial charge is 0.0412 e. The Hall–Kier alpha value is -1.02. The lowest BCUT2D eigenvalue weighted by atomic mass is 10.1. The molecule has 1 aromatic carbocycles. The molecule has 0 spiro atoms. The highest BCUT2D eigenvalue weighted by atomic mass is 15.2. The van der Waals surface area contributed by atoms with Gasteiger partial charge in [0.15, 0.2) is 0 Å². The SMILES string of the molecule is CCc1ccc(N2CC(C)NCC2CC)cc1. The third-order valence-corrected chi connectivity index (χ3v) is 3.76. The van der Waals surface area contributed by atoms with Gasteiger partial charge in [0.25, 0.3) is 0 Å². The van der Waals surface area contributed by atoms with E-state index in [2.05, 4.69) is 55.3 Å². The summed E-state index contributed by atoms with van der Waals surface area (Å²) in [6.45, 7) is 8.96. The number of nitrogens with zero attached hydrogens (tertiary/aromatic N) is 1. The lowest BCUT2D eigenvalue weighted by molar-refractivity contribution is 0.402. The zero-order chi connectivity index (χ0) is 12.3. The quantitative estimate of drug-likeness (QED) is 0.862. The topological polar surface area (TPSA) is 15.3 Å². The Morgan fingerprint density at radius 1 is 1.24 bits per heavy atom. The van der Waals surface area contributed by atoms with Crippen LogP contribution < -0.4 is 10.2 Å². The van der Waals surface area contributed by atoms with Crippen LogP contribution in [0.5, 0.6) is 0 Å². The summed E-state index contributed by atoms with van der Waals surface area (Å²) in [7, 11) is 0. The lowest BCUT2D eigenvalue weighted by Crippen LogP contribution is -2.55. The normalized spacial score (nSPS) is 25.0. The summed E-state index contributed by atoms with van der Waals surface area (Å²) in [4.78, 5) is 2.56. The Morgan fingerprint density at radius 3 is 2.53 bits per heavy atom. The summed E-state index contributed by atoms with van der Waals surface area (Å²) in [6, 6.07) is 10.3. The van der Waals surface area contributed by atoms with Gasteiger partial charge in [0.2, 0.25) is 0 Å². The monoisotopic (exact) mass is 232 g/mol. The molecular weight excluding hydrogens is 208 g/mol. The molecule has 1 aromatic rings. The molecule has 1 aliphatic rings. The molecule has 2 heteroatoms. The molecule has 2 rings (SSSR count). The first-order chi connectivity index (χ1) is 8.24. The average Bonchev–Trinajstić information content (AvgIpc) is 2.39. The molecule has 2 atom stereocenters. The number of rotatable bonds is 3. The summed E-state index contributed by atoms with van der Waals surface area (Å²) >= 11 is 0. The van der Waals surface area contributed by atoms with E-state index in [1.807, 2.05) is 0 Å². The highest BCUT2D eigenvalue weighted by molar-refractivity contribution is 5.49. The van der Waals surface area contributed by atoms with Crippen LogP contribution in [-0.4, -0.2) is 25.2 Å². The van der Waals surface area contributed by atoms with E-state index in [0.717, 1.165) is 19.5 Å². The number of nitrogens with one attached hydrogen (secondary N) is 1. The van der Waals surface area contributed by atoms with Crippen LogP contribution in [-0.2, 0) is 6.42 Å². The van der Waals surface area contributed by atoms with Crippen molar-refractivity contribution in [2.75, 3.05) is 18.0 Å². The van der Waals surface area contributed by atoms with Crippen molar-refractivity contribution in [3.63, 3.8) is 0 Å². The lowest BCUT2D eigenvalue weighted by Gasteiger charge is -2.40. The van der Waals surface area contributed by atoms with Gasteiger partial charge in [-0.05, 0) is 37.5 Å². The van der Waals surface area contributed by atoms with Gasteiger partial charge < -0.3 is 10.2 Å². The molecule has 2 unspecified atom stereocenters. The number of hydrogen-bond acceptors (Lipinski definition) is 2. The van der Waals surface area contributed by atoms with Crippen molar-refractivity contribution in [3.8, 4) is 0 Å². The number of hydrogen-bond donors (Lipinski definition) is 1. The number of benzene rings is 1. The molecule has 17 heavy (non-hydrogen) atoms. The van der Waals surface area contributed by atoms with E-state index < -0.39 is 0 Å². The minimum atomic E-state index is 0.587. The van der Waals surface area contributed by atoms with E-state index in [-0.39, 0.29) is 0 Å². The maximum Gasteiger partial charge on any atom is 0.0412 e. The van der Waals surface area contributed by atoms with E-state index in [4.69, 9.17) is 0 Å². The molecule has 0 bridgehead atoms. The van der Waals surface area contributed by atoms with E-state index in [0.29, 0.717) is 12.1 Å². The standard InChI is InChI=1S/C15H24N2/c1-4-13-6-8-15(9-7-13)17-11-12(3)16-10-14(17)5-2/h6-9,12,14,16H,4-5,10-11H2,1-3H3. The van der Waals surface area contributed by atoms with Crippen molar-refractivity contribution >= 4 is 5.69 Å². The molecule has 1 N–H and O–H groups in total. The van der Waals surface area contributed by atoms with Crippen molar-refractivity contribution in [1.29, 1.82) is 0 Å². The maximum absolute atomic E-state index is 3.56. The summed E-state index contributed by atoms with van der Waals surface area (Å²) in [5, 5.41) is 3.56. The minimum absolute atomic E-state index is 0.587. The van der Waals surface area contributed by atoms with Gasteiger partial charge in [-0.2, -0.15) is 0 Å². The van der Waals surface area contributed by atoms with Crippen LogP contribution >= 0.6 is 0 Å². The van der Waals surface area contributed by atoms with Gasteiger partial charge >= 0.3 is 0 Å². The number of anilines is 1. The van der Waals surface area contributed by atoms with Crippen LogP contribution in [0.2, 0.25) is 0 Å². The second-order valence-electron chi connectivity index (χ2n) is 5.04. The molecule has 0 saturated carbocycles. The molecule has 1 aliphatic heterocycles. The fourth-order valence-electron chi connectivity index (χ4n) is 2.56. The second kappa shape index (κ2) is 5.54. The van der Waals surface area contributed by atoms with Gasteiger partial charge in [-0.1, -0.05) is 26.0 Å². The molecule has 1 saturated heterocycles. The molecular formula is C15H24N2. The first-order valence-corrected chi connectivity index (χ1v) is 6.83. The third kappa shape index (κ3) is 2.81. The Labute approximate surface area is 105 Å². The van der Waals surface area contributed by atoms with E-state index >= 15 is 0 Å². The van der Waals surface area contributed by atoms with Gasteiger partial charge in [0, 0.05) is 30.9 Å². The van der Waals surface area contributed by atoms with Crippen LogP contribution in [0.4, 0.5) is 5.69 Å². The van der Waals surface area contributed by atoms with Crippen molar-refractivity contribution in [2.24, 2.45) is 0 Å². The Bertz CT molecular complexity index is 344. The predicted molar refractivity (Wildman–Crippen MR) is 74.7 cm³/mol. The largest absolute Gasteiger partial charge is 0.366 e. The molecule has 2 nitrogen and oxygen atoms in total. The molecule has 1 fully saturated rings. The van der Waals surface area contributed by atoms with Crippen LogP contribution in [0, 0.1) is 0 Å². The van der Waals surface area contributed by atoms with Crippen molar-refractivity contribution in [2.45, 2.75) is 45.7 Å². The molecule has 0 aromatic heterocycles. The summed E-state index contributed by atoms with van der Waals surface area (Å²) in [5.41, 5.74) is 2.80. The fourth-order valence-corrected chi connectivity index (χ4v) is 2.56. The molecule has 1 heterocycles. The van der Waals surface area contributed by atoms with E-state index in [9.17, 15) is 0 Å². The Morgan fingerprint density at radius 2 is 1.94 bits per heavy atom. The van der Waals surface area contributed by atoms with Gasteiger partial charge in [0.05, 0.1) is 0 Å². The van der Waals surface area contributed by atoms with Crippen molar-refractivity contribution < 1.29 is 0 Å². The van der Waals surface area contributed by atoms with Crippen LogP contribution in [0.3, 0.4) is 0 Å². The second-order valence-corrected chi connectivity index (χ2v) is 5.04. The summed E-state index contributed by atoms with van der Waals surface area (Å²) in [6.07, 6.45) is 2.32.